The van der Waals surface area contributed by atoms with Gasteiger partial charge in [0.2, 0.25) is 0 Å². The van der Waals surface area contributed by atoms with Gasteiger partial charge in [-0.15, -0.1) is 0 Å². The summed E-state index contributed by atoms with van der Waals surface area (Å²) in [5.41, 5.74) is -1.56. The maximum Gasteiger partial charge on any atom is 0.410 e. The number of nitrogens with zero attached hydrogens (tertiary/aromatic N) is 1. The molecule has 0 aromatic heterocycles. The average Bonchev–Trinajstić information content (AvgIpc) is 2.09. The molecule has 0 aliphatic carbocycles. The molecule has 2 N–H and O–H groups in total. The molecule has 0 unspecified atom stereocenters. The molecule has 20 heavy (non-hydrogen) atoms. The van der Waals surface area contributed by atoms with E-state index in [9.17, 15) is 9.90 Å². The van der Waals surface area contributed by atoms with Gasteiger partial charge in [0.25, 0.3) is 0 Å². The molecule has 0 saturated heterocycles. The fraction of sp³-hybridized carbons (Fsp3) is 0.933. The van der Waals surface area contributed by atoms with Crippen molar-refractivity contribution >= 4 is 6.09 Å². The number of rotatable bonds is 5. The summed E-state index contributed by atoms with van der Waals surface area (Å²) in [7, 11) is 0. The third-order valence-electron chi connectivity index (χ3n) is 2.49. The highest BCUT2D eigenvalue weighted by Crippen LogP contribution is 2.17. The van der Waals surface area contributed by atoms with E-state index in [0.717, 1.165) is 0 Å². The number of hydrogen-bond donors (Lipinski definition) is 2. The van der Waals surface area contributed by atoms with Gasteiger partial charge in [-0.05, 0) is 55.4 Å². The first kappa shape index (κ1) is 19.2. The van der Waals surface area contributed by atoms with E-state index in [1.54, 1.807) is 18.7 Å². The SMILES string of the molecule is CC(C)(O)CNCCN(C(=O)OC(C)(C)C)C(C)(C)C. The highest BCUT2D eigenvalue weighted by atomic mass is 16.6. The van der Waals surface area contributed by atoms with Crippen molar-refractivity contribution in [3.63, 3.8) is 0 Å². The molecular weight excluding hydrogens is 256 g/mol. The van der Waals surface area contributed by atoms with Crippen LogP contribution < -0.4 is 5.32 Å². The second-order valence-electron chi connectivity index (χ2n) is 7.79. The molecule has 0 spiro atoms. The summed E-state index contributed by atoms with van der Waals surface area (Å²) in [5, 5.41) is 12.8. The summed E-state index contributed by atoms with van der Waals surface area (Å²) in [4.78, 5) is 13.9. The predicted molar refractivity (Wildman–Crippen MR) is 81.9 cm³/mol. The highest BCUT2D eigenvalue weighted by Gasteiger charge is 2.30. The molecule has 0 rings (SSSR count). The van der Waals surface area contributed by atoms with Gasteiger partial charge in [-0.25, -0.2) is 4.79 Å². The van der Waals surface area contributed by atoms with Crippen molar-refractivity contribution in [2.24, 2.45) is 0 Å². The predicted octanol–water partition coefficient (Wildman–Crippen LogP) is 2.38. The Balaban J connectivity index is 4.49. The smallest absolute Gasteiger partial charge is 0.410 e. The summed E-state index contributed by atoms with van der Waals surface area (Å²) >= 11 is 0. The van der Waals surface area contributed by atoms with Crippen LogP contribution in [0.3, 0.4) is 0 Å². The van der Waals surface area contributed by atoms with Gasteiger partial charge in [0.15, 0.2) is 0 Å². The maximum atomic E-state index is 12.2. The second kappa shape index (κ2) is 6.76. The molecule has 5 heteroatoms. The van der Waals surface area contributed by atoms with Gasteiger partial charge in [-0.1, -0.05) is 0 Å². The molecule has 0 saturated carbocycles. The monoisotopic (exact) mass is 288 g/mol. The van der Waals surface area contributed by atoms with Crippen LogP contribution in [0.2, 0.25) is 0 Å². The normalized spacial score (nSPS) is 13.2. The Hall–Kier alpha value is -0.810. The Labute approximate surface area is 123 Å². The van der Waals surface area contributed by atoms with Crippen LogP contribution in [0.1, 0.15) is 55.4 Å². The molecule has 0 bridgehead atoms. The van der Waals surface area contributed by atoms with Gasteiger partial charge in [0, 0.05) is 25.2 Å². The average molecular weight is 288 g/mol. The van der Waals surface area contributed by atoms with Crippen molar-refractivity contribution < 1.29 is 14.6 Å². The standard InChI is InChI=1S/C15H32N2O3/c1-13(2,3)17(12(18)20-14(4,5)6)10-9-16-11-15(7,8)19/h16,19H,9-11H2,1-8H3. The van der Waals surface area contributed by atoms with E-state index in [0.29, 0.717) is 19.6 Å². The molecule has 0 aliphatic heterocycles. The number of nitrogens with one attached hydrogen (secondary N) is 1. The first-order valence-corrected chi connectivity index (χ1v) is 7.16. The topological polar surface area (TPSA) is 61.8 Å². The van der Waals surface area contributed by atoms with Gasteiger partial charge in [-0.3, -0.25) is 0 Å². The van der Waals surface area contributed by atoms with Crippen molar-refractivity contribution in [1.82, 2.24) is 10.2 Å². The molecule has 5 nitrogen and oxygen atoms in total. The maximum absolute atomic E-state index is 12.2. The second-order valence-corrected chi connectivity index (χ2v) is 7.79. The van der Waals surface area contributed by atoms with Crippen LogP contribution in [-0.2, 0) is 4.74 Å². The zero-order chi connectivity index (χ0) is 16.2. The van der Waals surface area contributed by atoms with E-state index in [1.165, 1.54) is 0 Å². The minimum atomic E-state index is -0.752. The first-order valence-electron chi connectivity index (χ1n) is 7.16. The van der Waals surface area contributed by atoms with Crippen LogP contribution >= 0.6 is 0 Å². The summed E-state index contributed by atoms with van der Waals surface area (Å²) in [6.45, 7) is 16.6. The Morgan fingerprint density at radius 3 is 1.95 bits per heavy atom. The number of aliphatic hydroxyl groups is 1. The van der Waals surface area contributed by atoms with Crippen LogP contribution in [0.25, 0.3) is 0 Å². The van der Waals surface area contributed by atoms with Gasteiger partial charge in [-0.2, -0.15) is 0 Å². The number of ether oxygens (including phenoxy) is 1. The molecule has 0 aliphatic rings. The lowest BCUT2D eigenvalue weighted by molar-refractivity contribution is 0.00621. The zero-order valence-electron chi connectivity index (χ0n) is 14.3. The van der Waals surface area contributed by atoms with E-state index in [2.05, 4.69) is 5.32 Å². The first-order chi connectivity index (χ1) is 8.72. The molecule has 0 fully saturated rings. The Kier molecular flexibility index (Phi) is 6.49. The molecule has 120 valence electrons. The van der Waals surface area contributed by atoms with Crippen LogP contribution in [-0.4, -0.2) is 52.5 Å². The van der Waals surface area contributed by atoms with Crippen LogP contribution in [0.15, 0.2) is 0 Å². The van der Waals surface area contributed by atoms with Crippen LogP contribution in [0.4, 0.5) is 4.79 Å². The van der Waals surface area contributed by atoms with Gasteiger partial charge in [0.1, 0.15) is 5.60 Å². The number of hydrogen-bond acceptors (Lipinski definition) is 4. The fourth-order valence-electron chi connectivity index (χ4n) is 1.60. The van der Waals surface area contributed by atoms with E-state index >= 15 is 0 Å². The summed E-state index contributed by atoms with van der Waals surface area (Å²) in [5.74, 6) is 0. The number of carbonyl (C=O) groups is 1. The number of amides is 1. The Bertz CT molecular complexity index is 309. The number of carbonyl (C=O) groups excluding carboxylic acids is 1. The molecule has 0 radical (unpaired) electrons. The van der Waals surface area contributed by atoms with Crippen molar-refractivity contribution in [1.29, 1.82) is 0 Å². The minimum absolute atomic E-state index is 0.307. The van der Waals surface area contributed by atoms with Crippen LogP contribution in [0, 0.1) is 0 Å². The van der Waals surface area contributed by atoms with E-state index in [-0.39, 0.29) is 11.6 Å². The Morgan fingerprint density at radius 2 is 1.60 bits per heavy atom. The molecule has 0 aromatic rings. The zero-order valence-corrected chi connectivity index (χ0v) is 14.3. The Morgan fingerprint density at radius 1 is 1.10 bits per heavy atom. The fourth-order valence-corrected chi connectivity index (χ4v) is 1.60. The van der Waals surface area contributed by atoms with Crippen molar-refractivity contribution in [2.75, 3.05) is 19.6 Å². The summed E-state index contributed by atoms with van der Waals surface area (Å²) < 4.78 is 5.43. The van der Waals surface area contributed by atoms with E-state index in [1.807, 2.05) is 41.5 Å². The van der Waals surface area contributed by atoms with E-state index < -0.39 is 11.2 Å². The lowest BCUT2D eigenvalue weighted by Crippen LogP contribution is -2.51. The highest BCUT2D eigenvalue weighted by molar-refractivity contribution is 5.69. The minimum Gasteiger partial charge on any atom is -0.444 e. The summed E-state index contributed by atoms with van der Waals surface area (Å²) in [6, 6.07) is 0. The van der Waals surface area contributed by atoms with Crippen LogP contribution in [0.5, 0.6) is 0 Å². The van der Waals surface area contributed by atoms with Gasteiger partial charge < -0.3 is 20.1 Å². The molecular formula is C15H32N2O3. The third-order valence-corrected chi connectivity index (χ3v) is 2.49. The lowest BCUT2D eigenvalue weighted by atomic mass is 10.1. The van der Waals surface area contributed by atoms with Crippen molar-refractivity contribution in [3.8, 4) is 0 Å². The molecule has 0 aromatic carbocycles. The van der Waals surface area contributed by atoms with Gasteiger partial charge >= 0.3 is 6.09 Å². The quantitative estimate of drug-likeness (QED) is 0.763. The van der Waals surface area contributed by atoms with Crippen molar-refractivity contribution in [2.45, 2.75) is 72.1 Å². The largest absolute Gasteiger partial charge is 0.444 e. The lowest BCUT2D eigenvalue weighted by Gasteiger charge is -2.37. The van der Waals surface area contributed by atoms with Gasteiger partial charge in [0.05, 0.1) is 5.60 Å². The molecule has 0 heterocycles. The molecule has 0 atom stereocenters. The van der Waals surface area contributed by atoms with E-state index in [4.69, 9.17) is 4.74 Å². The van der Waals surface area contributed by atoms with Crippen molar-refractivity contribution in [3.05, 3.63) is 0 Å². The third kappa shape index (κ3) is 9.15. The molecule has 1 amide bonds. The summed E-state index contributed by atoms with van der Waals surface area (Å²) in [6.07, 6.45) is -0.310.